The van der Waals surface area contributed by atoms with Gasteiger partial charge in [-0.15, -0.1) is 6.42 Å². The Bertz CT molecular complexity index is 648. The number of aliphatic hydroxyl groups is 1. The molecule has 0 aromatic heterocycles. The van der Waals surface area contributed by atoms with Crippen LogP contribution in [-0.4, -0.2) is 41.5 Å². The Morgan fingerprint density at radius 3 is 2.48 bits per heavy atom. The van der Waals surface area contributed by atoms with E-state index >= 15 is 0 Å². The number of benzene rings is 1. The molecular formula is C22H31NO2. The van der Waals surface area contributed by atoms with Gasteiger partial charge < -0.3 is 10.0 Å². The van der Waals surface area contributed by atoms with Crippen LogP contribution in [0, 0.1) is 25.2 Å². The first-order valence-electron chi connectivity index (χ1n) is 9.32. The number of terminal acetylenes is 1. The number of hydrogen-bond acceptors (Lipinski definition) is 3. The van der Waals surface area contributed by atoms with Gasteiger partial charge in [0.1, 0.15) is 5.78 Å². The molecular weight excluding hydrogens is 310 g/mol. The Balaban J connectivity index is 2.47. The van der Waals surface area contributed by atoms with Crippen molar-refractivity contribution in [2.24, 2.45) is 5.92 Å². The Morgan fingerprint density at radius 2 is 1.96 bits per heavy atom. The second-order valence-corrected chi connectivity index (χ2v) is 7.66. The van der Waals surface area contributed by atoms with Gasteiger partial charge in [0, 0.05) is 24.1 Å². The number of Topliss-reactive ketones (excluding diaryl/α,β-unsaturated/α-hetero) is 1. The van der Waals surface area contributed by atoms with Crippen molar-refractivity contribution in [2.45, 2.75) is 58.4 Å². The van der Waals surface area contributed by atoms with Crippen molar-refractivity contribution < 1.29 is 9.90 Å². The van der Waals surface area contributed by atoms with Crippen LogP contribution >= 0.6 is 0 Å². The fourth-order valence-corrected chi connectivity index (χ4v) is 4.09. The molecule has 0 amide bonds. The summed E-state index contributed by atoms with van der Waals surface area (Å²) >= 11 is 0. The molecule has 1 unspecified atom stereocenters. The van der Waals surface area contributed by atoms with Gasteiger partial charge in [-0.3, -0.25) is 4.79 Å². The predicted molar refractivity (Wildman–Crippen MR) is 103 cm³/mol. The highest BCUT2D eigenvalue weighted by Gasteiger charge is 2.45. The van der Waals surface area contributed by atoms with Gasteiger partial charge in [0.15, 0.2) is 0 Å². The van der Waals surface area contributed by atoms with E-state index in [0.29, 0.717) is 12.5 Å². The molecule has 0 aliphatic carbocycles. The molecule has 1 fully saturated rings. The van der Waals surface area contributed by atoms with Crippen LogP contribution in [0.15, 0.2) is 18.2 Å². The highest BCUT2D eigenvalue weighted by molar-refractivity contribution is 5.92. The molecule has 3 nitrogen and oxygen atoms in total. The number of likely N-dealkylation sites (tertiary alicyclic amines) is 1. The molecule has 1 atom stereocenters. The fraction of sp³-hybridized carbons (Fsp3) is 0.591. The predicted octanol–water partition coefficient (Wildman–Crippen LogP) is 3.31. The summed E-state index contributed by atoms with van der Waals surface area (Å²) in [6.45, 7) is 10.3. The second kappa shape index (κ2) is 8.17. The minimum atomic E-state index is -0.489. The quantitative estimate of drug-likeness (QED) is 0.807. The molecule has 1 N–H and O–H groups in total. The van der Waals surface area contributed by atoms with Gasteiger partial charge in [-0.25, -0.2) is 0 Å². The average Bonchev–Trinajstić information content (AvgIpc) is 2.61. The van der Waals surface area contributed by atoms with Gasteiger partial charge in [-0.2, -0.15) is 0 Å². The van der Waals surface area contributed by atoms with Crippen LogP contribution in [0.1, 0.15) is 56.7 Å². The van der Waals surface area contributed by atoms with E-state index < -0.39 is 5.41 Å². The number of hydrogen-bond donors (Lipinski definition) is 1. The van der Waals surface area contributed by atoms with Crippen molar-refractivity contribution in [2.75, 3.05) is 19.7 Å². The van der Waals surface area contributed by atoms with Gasteiger partial charge in [0.05, 0.1) is 5.41 Å². The van der Waals surface area contributed by atoms with Gasteiger partial charge in [-0.05, 0) is 76.4 Å². The normalized spacial score (nSPS) is 18.8. The maximum Gasteiger partial charge on any atom is 0.146 e. The summed E-state index contributed by atoms with van der Waals surface area (Å²) in [6, 6.07) is 6.49. The lowest BCUT2D eigenvalue weighted by molar-refractivity contribution is -0.130. The number of piperidine rings is 1. The smallest absolute Gasteiger partial charge is 0.146 e. The molecule has 2 rings (SSSR count). The molecule has 1 aliphatic heterocycles. The lowest BCUT2D eigenvalue weighted by atomic mass is 9.65. The Labute approximate surface area is 152 Å². The summed E-state index contributed by atoms with van der Waals surface area (Å²) in [7, 11) is 0. The molecule has 1 aromatic carbocycles. The van der Waals surface area contributed by atoms with E-state index in [-0.39, 0.29) is 18.3 Å². The van der Waals surface area contributed by atoms with Crippen molar-refractivity contribution in [3.05, 3.63) is 34.9 Å². The van der Waals surface area contributed by atoms with Crippen LogP contribution in [0.25, 0.3) is 0 Å². The Hall–Kier alpha value is -1.63. The number of ketones is 1. The van der Waals surface area contributed by atoms with Crippen LogP contribution in [0.4, 0.5) is 0 Å². The highest BCUT2D eigenvalue weighted by Crippen LogP contribution is 2.41. The number of nitrogens with zero attached hydrogens (tertiary/aromatic N) is 1. The lowest BCUT2D eigenvalue weighted by Gasteiger charge is -2.44. The average molecular weight is 341 g/mol. The maximum absolute atomic E-state index is 13.5. The number of rotatable bonds is 6. The molecule has 0 bridgehead atoms. The zero-order chi connectivity index (χ0) is 18.6. The fourth-order valence-electron chi connectivity index (χ4n) is 4.09. The number of aryl methyl sites for hydroxylation is 1. The zero-order valence-electron chi connectivity index (χ0n) is 16.0. The first-order valence-corrected chi connectivity index (χ1v) is 9.32. The third kappa shape index (κ3) is 3.97. The van der Waals surface area contributed by atoms with E-state index in [4.69, 9.17) is 6.42 Å². The summed E-state index contributed by atoms with van der Waals surface area (Å²) in [6.07, 6.45) is 7.76. The van der Waals surface area contributed by atoms with E-state index in [9.17, 15) is 9.90 Å². The zero-order valence-corrected chi connectivity index (χ0v) is 16.0. The molecule has 1 heterocycles. The minimum absolute atomic E-state index is 0.0461. The summed E-state index contributed by atoms with van der Waals surface area (Å²) in [5.74, 6) is 2.81. The van der Waals surface area contributed by atoms with Crippen molar-refractivity contribution in [3.63, 3.8) is 0 Å². The molecule has 1 saturated heterocycles. The van der Waals surface area contributed by atoms with E-state index in [2.05, 4.69) is 31.6 Å². The topological polar surface area (TPSA) is 40.5 Å². The second-order valence-electron chi connectivity index (χ2n) is 7.66. The summed E-state index contributed by atoms with van der Waals surface area (Å²) in [5, 5.41) is 9.30. The number of aliphatic hydroxyl groups excluding tert-OH is 1. The largest absolute Gasteiger partial charge is 0.396 e. The molecule has 0 saturated carbocycles. The van der Waals surface area contributed by atoms with Gasteiger partial charge in [0.2, 0.25) is 0 Å². The summed E-state index contributed by atoms with van der Waals surface area (Å²) in [5.41, 5.74) is 2.55. The van der Waals surface area contributed by atoms with Crippen LogP contribution in [0.2, 0.25) is 0 Å². The van der Waals surface area contributed by atoms with Crippen LogP contribution in [0.5, 0.6) is 0 Å². The van der Waals surface area contributed by atoms with Crippen molar-refractivity contribution in [3.8, 4) is 12.3 Å². The maximum atomic E-state index is 13.5. The lowest BCUT2D eigenvalue weighted by Crippen LogP contribution is -2.51. The molecule has 25 heavy (non-hydrogen) atoms. The highest BCUT2D eigenvalue weighted by atomic mass is 16.3. The van der Waals surface area contributed by atoms with Crippen molar-refractivity contribution >= 4 is 5.78 Å². The molecule has 3 heteroatoms. The third-order valence-corrected chi connectivity index (χ3v) is 5.78. The number of carbonyl (C=O) groups excluding carboxylic acids is 1. The van der Waals surface area contributed by atoms with E-state index in [1.54, 1.807) is 0 Å². The molecule has 136 valence electrons. The Kier molecular flexibility index (Phi) is 6.43. The molecule has 1 aromatic rings. The summed E-state index contributed by atoms with van der Waals surface area (Å²) in [4.78, 5) is 15.9. The number of carbonyl (C=O) groups is 1. The standard InChI is InChI=1S/C22H31NO2/c1-6-19-8-7-17(4)20(15-19)22(21(25)18(5)9-14-24)10-12-23(13-11-22)16(2)3/h1,7-8,15-16,18,24H,9-14H2,2-5H3. The Morgan fingerprint density at radius 1 is 1.32 bits per heavy atom. The first-order chi connectivity index (χ1) is 11.9. The first kappa shape index (κ1) is 19.7. The van der Waals surface area contributed by atoms with Crippen LogP contribution < -0.4 is 0 Å². The molecule has 1 aliphatic rings. The van der Waals surface area contributed by atoms with Crippen LogP contribution in [0.3, 0.4) is 0 Å². The van der Waals surface area contributed by atoms with Crippen LogP contribution in [-0.2, 0) is 10.2 Å². The van der Waals surface area contributed by atoms with E-state index in [1.165, 1.54) is 0 Å². The SMILES string of the molecule is C#Cc1ccc(C)c(C2(C(=O)C(C)CCO)CCN(C(C)C)CC2)c1. The minimum Gasteiger partial charge on any atom is -0.396 e. The van der Waals surface area contributed by atoms with E-state index in [0.717, 1.165) is 42.6 Å². The monoisotopic (exact) mass is 341 g/mol. The summed E-state index contributed by atoms with van der Waals surface area (Å²) < 4.78 is 0. The van der Waals surface area contributed by atoms with Crippen molar-refractivity contribution in [1.82, 2.24) is 4.90 Å². The van der Waals surface area contributed by atoms with Gasteiger partial charge in [-0.1, -0.05) is 18.9 Å². The van der Waals surface area contributed by atoms with Crippen molar-refractivity contribution in [1.29, 1.82) is 0 Å². The molecule has 0 spiro atoms. The van der Waals surface area contributed by atoms with E-state index in [1.807, 2.05) is 25.1 Å². The third-order valence-electron chi connectivity index (χ3n) is 5.78. The van der Waals surface area contributed by atoms with Gasteiger partial charge >= 0.3 is 0 Å². The molecule has 0 radical (unpaired) electrons. The van der Waals surface area contributed by atoms with Gasteiger partial charge in [0.25, 0.3) is 0 Å².